The Kier molecular flexibility index (Phi) is 3.57. The first-order valence-electron chi connectivity index (χ1n) is 5.49. The lowest BCUT2D eigenvalue weighted by atomic mass is 10.0. The first-order valence-corrected chi connectivity index (χ1v) is 5.49. The number of rotatable bonds is 4. The lowest BCUT2D eigenvalue weighted by molar-refractivity contribution is -0.393. The van der Waals surface area contributed by atoms with Crippen LogP contribution in [0.3, 0.4) is 0 Å². The largest absolute Gasteiger partial charge is 0.284 e. The van der Waals surface area contributed by atoms with Crippen LogP contribution in [-0.2, 0) is 0 Å². The molecule has 1 radical (unpaired) electrons. The van der Waals surface area contributed by atoms with Crippen molar-refractivity contribution in [3.63, 3.8) is 0 Å². The summed E-state index contributed by atoms with van der Waals surface area (Å²) in [6, 6.07) is 9.29. The van der Waals surface area contributed by atoms with Crippen LogP contribution in [0.1, 0.15) is 0 Å². The molecule has 2 aromatic rings. The highest BCUT2D eigenvalue weighted by Gasteiger charge is 2.21. The Morgan fingerprint density at radius 1 is 0.810 bits per heavy atom. The van der Waals surface area contributed by atoms with E-state index in [1.807, 2.05) is 0 Å². The van der Waals surface area contributed by atoms with Gasteiger partial charge in [-0.05, 0) is 18.2 Å². The SMILES string of the molecule is O=[N+]([O-])c1cc[c]c(-c2ccc([N+](=O)[O-])cc2[N+](=O)[O-])c1. The van der Waals surface area contributed by atoms with E-state index in [-0.39, 0.29) is 16.8 Å². The van der Waals surface area contributed by atoms with Gasteiger partial charge in [-0.3, -0.25) is 30.3 Å². The highest BCUT2D eigenvalue weighted by Crippen LogP contribution is 2.34. The lowest BCUT2D eigenvalue weighted by Crippen LogP contribution is -1.96. The Hall–Kier alpha value is -3.36. The molecule has 21 heavy (non-hydrogen) atoms. The number of nitro groups is 3. The molecular formula is C12H6N3O6. The predicted octanol–water partition coefficient (Wildman–Crippen LogP) is 2.88. The number of nitrogens with zero attached hydrogens (tertiary/aromatic N) is 3. The molecule has 0 N–H and O–H groups in total. The van der Waals surface area contributed by atoms with Crippen LogP contribution in [0.2, 0.25) is 0 Å². The van der Waals surface area contributed by atoms with Gasteiger partial charge in [0.05, 0.1) is 26.4 Å². The van der Waals surface area contributed by atoms with Crippen molar-refractivity contribution in [1.29, 1.82) is 0 Å². The highest BCUT2D eigenvalue weighted by atomic mass is 16.6. The van der Waals surface area contributed by atoms with Crippen molar-refractivity contribution in [2.45, 2.75) is 0 Å². The van der Waals surface area contributed by atoms with Gasteiger partial charge in [0, 0.05) is 23.8 Å². The molecule has 0 unspecified atom stereocenters. The van der Waals surface area contributed by atoms with Crippen molar-refractivity contribution in [2.24, 2.45) is 0 Å². The van der Waals surface area contributed by atoms with E-state index in [1.165, 1.54) is 18.2 Å². The average molecular weight is 288 g/mol. The average Bonchev–Trinajstić information content (AvgIpc) is 2.46. The van der Waals surface area contributed by atoms with Gasteiger partial charge in [0.15, 0.2) is 0 Å². The molecule has 0 atom stereocenters. The molecule has 9 nitrogen and oxygen atoms in total. The summed E-state index contributed by atoms with van der Waals surface area (Å²) in [5.41, 5.74) is -1.06. The number of hydrogen-bond acceptors (Lipinski definition) is 6. The van der Waals surface area contributed by atoms with E-state index in [9.17, 15) is 30.3 Å². The van der Waals surface area contributed by atoms with Gasteiger partial charge in [-0.15, -0.1) is 0 Å². The van der Waals surface area contributed by atoms with Gasteiger partial charge < -0.3 is 0 Å². The van der Waals surface area contributed by atoms with Crippen molar-refractivity contribution < 1.29 is 14.8 Å². The van der Waals surface area contributed by atoms with E-state index in [1.54, 1.807) is 0 Å². The minimum atomic E-state index is -0.783. The summed E-state index contributed by atoms with van der Waals surface area (Å²) in [4.78, 5) is 30.2. The van der Waals surface area contributed by atoms with E-state index in [4.69, 9.17) is 0 Å². The van der Waals surface area contributed by atoms with Crippen LogP contribution in [0.5, 0.6) is 0 Å². The third kappa shape index (κ3) is 2.81. The maximum Gasteiger partial charge on any atom is 0.284 e. The van der Waals surface area contributed by atoms with Crippen molar-refractivity contribution in [1.82, 2.24) is 0 Å². The molecule has 105 valence electrons. The molecule has 0 saturated carbocycles. The summed E-state index contributed by atoms with van der Waals surface area (Å²) in [6.45, 7) is 0. The summed E-state index contributed by atoms with van der Waals surface area (Å²) in [6.07, 6.45) is 0. The predicted molar refractivity (Wildman–Crippen MR) is 70.7 cm³/mol. The molecule has 0 aliphatic heterocycles. The van der Waals surface area contributed by atoms with E-state index >= 15 is 0 Å². The number of hydrogen-bond donors (Lipinski definition) is 0. The van der Waals surface area contributed by atoms with Crippen molar-refractivity contribution in [2.75, 3.05) is 0 Å². The Morgan fingerprint density at radius 3 is 2.00 bits per heavy atom. The van der Waals surface area contributed by atoms with Gasteiger partial charge in [-0.25, -0.2) is 0 Å². The van der Waals surface area contributed by atoms with Gasteiger partial charge in [0.2, 0.25) is 0 Å². The van der Waals surface area contributed by atoms with Gasteiger partial charge in [-0.1, -0.05) is 0 Å². The fourth-order valence-electron chi connectivity index (χ4n) is 1.74. The maximum atomic E-state index is 11.0. The third-order valence-electron chi connectivity index (χ3n) is 2.67. The van der Waals surface area contributed by atoms with E-state index in [0.29, 0.717) is 0 Å². The molecule has 0 saturated heterocycles. The molecule has 9 heteroatoms. The van der Waals surface area contributed by atoms with Crippen LogP contribution in [0.4, 0.5) is 17.1 Å². The molecule has 0 spiro atoms. The Morgan fingerprint density at radius 2 is 1.43 bits per heavy atom. The fourth-order valence-corrected chi connectivity index (χ4v) is 1.74. The summed E-state index contributed by atoms with van der Waals surface area (Å²) >= 11 is 0. The molecule has 0 aliphatic carbocycles. The summed E-state index contributed by atoms with van der Waals surface area (Å²) in [5, 5.41) is 32.4. The molecule has 0 bridgehead atoms. The minimum absolute atomic E-state index is 0.0225. The van der Waals surface area contributed by atoms with E-state index in [2.05, 4.69) is 6.07 Å². The monoisotopic (exact) mass is 288 g/mol. The van der Waals surface area contributed by atoms with Gasteiger partial charge in [0.25, 0.3) is 17.1 Å². The molecule has 0 aliphatic rings. The summed E-state index contributed by atoms with van der Waals surface area (Å²) in [5.74, 6) is 0. The molecule has 2 rings (SSSR count). The van der Waals surface area contributed by atoms with Gasteiger partial charge in [0.1, 0.15) is 0 Å². The Labute approximate surface area is 116 Å². The van der Waals surface area contributed by atoms with Gasteiger partial charge in [-0.2, -0.15) is 0 Å². The van der Waals surface area contributed by atoms with Crippen molar-refractivity contribution in [3.05, 3.63) is 72.8 Å². The van der Waals surface area contributed by atoms with Crippen LogP contribution in [-0.4, -0.2) is 14.8 Å². The first kappa shape index (κ1) is 14.1. The zero-order chi connectivity index (χ0) is 15.6. The fraction of sp³-hybridized carbons (Fsp3) is 0. The normalized spacial score (nSPS) is 10.1. The third-order valence-corrected chi connectivity index (χ3v) is 2.67. The van der Waals surface area contributed by atoms with E-state index in [0.717, 1.165) is 18.2 Å². The zero-order valence-corrected chi connectivity index (χ0v) is 10.3. The van der Waals surface area contributed by atoms with Crippen molar-refractivity contribution in [3.8, 4) is 11.1 Å². The second-order valence-electron chi connectivity index (χ2n) is 3.93. The van der Waals surface area contributed by atoms with Gasteiger partial charge >= 0.3 is 0 Å². The zero-order valence-electron chi connectivity index (χ0n) is 10.3. The minimum Gasteiger partial charge on any atom is -0.258 e. The molecular weight excluding hydrogens is 282 g/mol. The summed E-state index contributed by atoms with van der Waals surface area (Å²) in [7, 11) is 0. The lowest BCUT2D eigenvalue weighted by Gasteiger charge is -2.03. The van der Waals surface area contributed by atoms with Crippen LogP contribution < -0.4 is 0 Å². The van der Waals surface area contributed by atoms with Crippen LogP contribution >= 0.6 is 0 Å². The number of non-ortho nitro benzene ring substituents is 2. The number of benzene rings is 2. The first-order chi connectivity index (χ1) is 9.90. The van der Waals surface area contributed by atoms with Crippen molar-refractivity contribution >= 4 is 17.1 Å². The molecule has 2 aromatic carbocycles. The van der Waals surface area contributed by atoms with Crippen LogP contribution in [0.15, 0.2) is 36.4 Å². The Balaban J connectivity index is 2.63. The molecule has 0 heterocycles. The standard InChI is InChI=1S/C12H6N3O6/c16-13(17)9-3-1-2-8(6-9)11-5-4-10(14(18)19)7-12(11)15(20)21/h1,3-7H. The van der Waals surface area contributed by atoms with Crippen LogP contribution in [0.25, 0.3) is 11.1 Å². The maximum absolute atomic E-state index is 11.0. The molecule has 0 fully saturated rings. The molecule has 0 aromatic heterocycles. The highest BCUT2D eigenvalue weighted by molar-refractivity contribution is 5.76. The number of nitro benzene ring substituents is 3. The van der Waals surface area contributed by atoms with E-state index < -0.39 is 26.1 Å². The quantitative estimate of drug-likeness (QED) is 0.628. The topological polar surface area (TPSA) is 129 Å². The second-order valence-corrected chi connectivity index (χ2v) is 3.93. The summed E-state index contributed by atoms with van der Waals surface area (Å²) < 4.78 is 0. The molecule has 0 amide bonds. The second kappa shape index (κ2) is 5.33. The smallest absolute Gasteiger partial charge is 0.258 e. The Bertz CT molecular complexity index is 758. The van der Waals surface area contributed by atoms with Crippen LogP contribution in [0, 0.1) is 36.4 Å².